The summed E-state index contributed by atoms with van der Waals surface area (Å²) in [4.78, 5) is 36.1. The minimum absolute atomic E-state index is 0.253. The molecule has 1 saturated heterocycles. The van der Waals surface area contributed by atoms with E-state index in [0.29, 0.717) is 35.0 Å². The van der Waals surface area contributed by atoms with Gasteiger partial charge in [-0.1, -0.05) is 35.0 Å². The van der Waals surface area contributed by atoms with Crippen molar-refractivity contribution in [1.29, 1.82) is 0 Å². The summed E-state index contributed by atoms with van der Waals surface area (Å²) in [7, 11) is 0. The molecule has 1 aliphatic rings. The van der Waals surface area contributed by atoms with Crippen LogP contribution in [0.1, 0.15) is 37.3 Å². The van der Waals surface area contributed by atoms with E-state index in [9.17, 15) is 18.8 Å². The number of anilines is 1. The summed E-state index contributed by atoms with van der Waals surface area (Å²) >= 11 is 3.27. The number of carbonyl (C=O) groups is 3. The van der Waals surface area contributed by atoms with Gasteiger partial charge in [-0.3, -0.25) is 19.7 Å². The van der Waals surface area contributed by atoms with Crippen LogP contribution in [0.3, 0.4) is 0 Å². The number of carbonyl (C=O) groups excluding carboxylic acids is 3. The van der Waals surface area contributed by atoms with Crippen LogP contribution in [0, 0.1) is 5.82 Å². The van der Waals surface area contributed by atoms with E-state index in [0.717, 1.165) is 5.56 Å². The maximum Gasteiger partial charge on any atom is 0.248 e. The molecular formula is C22H20BrFN2O3. The lowest BCUT2D eigenvalue weighted by molar-refractivity contribution is -0.138. The van der Waals surface area contributed by atoms with E-state index in [1.165, 1.54) is 18.2 Å². The zero-order chi connectivity index (χ0) is 21.0. The second-order valence-electron chi connectivity index (χ2n) is 6.88. The number of benzene rings is 2. The lowest BCUT2D eigenvalue weighted by atomic mass is 9.72. The van der Waals surface area contributed by atoms with Gasteiger partial charge in [0.1, 0.15) is 5.82 Å². The number of hydrogen-bond acceptors (Lipinski definition) is 3. The van der Waals surface area contributed by atoms with Crippen molar-refractivity contribution in [1.82, 2.24) is 5.32 Å². The molecule has 5 nitrogen and oxygen atoms in total. The monoisotopic (exact) mass is 458 g/mol. The highest BCUT2D eigenvalue weighted by Crippen LogP contribution is 2.36. The van der Waals surface area contributed by atoms with Gasteiger partial charge in [0.2, 0.25) is 17.7 Å². The molecule has 0 bridgehead atoms. The van der Waals surface area contributed by atoms with Crippen LogP contribution < -0.4 is 10.6 Å². The van der Waals surface area contributed by atoms with Crippen LogP contribution in [0.2, 0.25) is 0 Å². The number of hydrogen-bond donors (Lipinski definition) is 2. The molecule has 150 valence electrons. The minimum Gasteiger partial charge on any atom is -0.323 e. The van der Waals surface area contributed by atoms with Crippen molar-refractivity contribution in [3.05, 3.63) is 70.0 Å². The second kappa shape index (κ2) is 8.69. The smallest absolute Gasteiger partial charge is 0.248 e. The Morgan fingerprint density at radius 1 is 1.24 bits per heavy atom. The van der Waals surface area contributed by atoms with Crippen molar-refractivity contribution in [2.75, 3.05) is 5.32 Å². The van der Waals surface area contributed by atoms with Crippen LogP contribution in [-0.2, 0) is 19.8 Å². The summed E-state index contributed by atoms with van der Waals surface area (Å²) in [5.74, 6) is -1.36. The first-order chi connectivity index (χ1) is 13.8. The third kappa shape index (κ3) is 4.62. The van der Waals surface area contributed by atoms with Gasteiger partial charge in [-0.2, -0.15) is 0 Å². The summed E-state index contributed by atoms with van der Waals surface area (Å²) < 4.78 is 14.5. The van der Waals surface area contributed by atoms with Crippen LogP contribution in [-0.4, -0.2) is 17.7 Å². The maximum absolute atomic E-state index is 13.7. The molecule has 7 heteroatoms. The van der Waals surface area contributed by atoms with Crippen molar-refractivity contribution < 1.29 is 18.8 Å². The fourth-order valence-electron chi connectivity index (χ4n) is 3.43. The predicted molar refractivity (Wildman–Crippen MR) is 113 cm³/mol. The Kier molecular flexibility index (Phi) is 6.27. The van der Waals surface area contributed by atoms with Crippen molar-refractivity contribution in [3.8, 4) is 0 Å². The van der Waals surface area contributed by atoms with Gasteiger partial charge in [0.05, 0.1) is 5.41 Å². The van der Waals surface area contributed by atoms with Gasteiger partial charge in [0.15, 0.2) is 0 Å². The van der Waals surface area contributed by atoms with E-state index < -0.39 is 17.1 Å². The number of nitrogens with one attached hydrogen (secondary N) is 2. The third-order valence-electron chi connectivity index (χ3n) is 5.15. The largest absolute Gasteiger partial charge is 0.323 e. The van der Waals surface area contributed by atoms with Crippen molar-refractivity contribution >= 4 is 45.4 Å². The van der Waals surface area contributed by atoms with Crippen LogP contribution in [0.4, 0.5) is 10.1 Å². The van der Waals surface area contributed by atoms with Gasteiger partial charge in [-0.05, 0) is 54.8 Å². The fourth-order valence-corrected chi connectivity index (χ4v) is 3.81. The molecule has 0 saturated carbocycles. The normalized spacial score (nSPS) is 19.3. The zero-order valence-electron chi connectivity index (χ0n) is 15.8. The Bertz CT molecular complexity index is 988. The first kappa shape index (κ1) is 20.9. The van der Waals surface area contributed by atoms with Crippen LogP contribution in [0.25, 0.3) is 6.08 Å². The number of imide groups is 1. The van der Waals surface area contributed by atoms with E-state index in [2.05, 4.69) is 26.6 Å². The molecule has 29 heavy (non-hydrogen) atoms. The van der Waals surface area contributed by atoms with Gasteiger partial charge in [-0.15, -0.1) is 0 Å². The van der Waals surface area contributed by atoms with Crippen LogP contribution >= 0.6 is 15.9 Å². The molecule has 2 aromatic rings. The second-order valence-corrected chi connectivity index (χ2v) is 7.79. The summed E-state index contributed by atoms with van der Waals surface area (Å²) in [6.07, 6.45) is 3.99. The number of rotatable bonds is 5. The van der Waals surface area contributed by atoms with Crippen molar-refractivity contribution in [3.63, 3.8) is 0 Å². The summed E-state index contributed by atoms with van der Waals surface area (Å²) in [5.41, 5.74) is 0.910. The summed E-state index contributed by atoms with van der Waals surface area (Å²) in [6, 6.07) is 11.5. The Morgan fingerprint density at radius 3 is 2.62 bits per heavy atom. The van der Waals surface area contributed by atoms with E-state index in [-0.39, 0.29) is 11.8 Å². The maximum atomic E-state index is 13.7. The molecule has 3 amide bonds. The van der Waals surface area contributed by atoms with E-state index in [4.69, 9.17) is 0 Å². The molecular weight excluding hydrogens is 439 g/mol. The molecule has 0 radical (unpaired) electrons. The van der Waals surface area contributed by atoms with E-state index >= 15 is 0 Å². The summed E-state index contributed by atoms with van der Waals surface area (Å²) in [5, 5.41) is 5.13. The van der Waals surface area contributed by atoms with E-state index in [1.807, 2.05) is 6.92 Å². The quantitative estimate of drug-likeness (QED) is 0.517. The van der Waals surface area contributed by atoms with Gasteiger partial charge in [0.25, 0.3) is 0 Å². The Hall–Kier alpha value is -2.80. The van der Waals surface area contributed by atoms with Gasteiger partial charge in [0, 0.05) is 28.2 Å². The Morgan fingerprint density at radius 2 is 1.97 bits per heavy atom. The molecule has 0 aliphatic carbocycles. The standard InChI is InChI=1S/C22H20BrFN2O3/c1-2-22(12-11-20(28)26-21(22)29)15-4-7-17(8-5-15)25-19(27)10-3-14-13-16(23)6-9-18(14)24/h3-10,13H,2,11-12H2,1H3,(H,25,27)(H,26,28,29)/b10-3+. The molecule has 1 heterocycles. The molecule has 3 rings (SSSR count). The molecule has 0 spiro atoms. The SMILES string of the molecule is CCC1(c2ccc(NC(=O)/C=C/c3cc(Br)ccc3F)cc2)CCC(=O)NC1=O. The average molecular weight is 459 g/mol. The molecule has 0 aromatic heterocycles. The lowest BCUT2D eigenvalue weighted by Crippen LogP contribution is -2.51. The highest BCUT2D eigenvalue weighted by molar-refractivity contribution is 9.10. The van der Waals surface area contributed by atoms with E-state index in [1.54, 1.807) is 36.4 Å². The average Bonchev–Trinajstić information content (AvgIpc) is 2.70. The van der Waals surface area contributed by atoms with Gasteiger partial charge < -0.3 is 5.32 Å². The molecule has 2 N–H and O–H groups in total. The molecule has 1 fully saturated rings. The molecule has 1 aliphatic heterocycles. The third-order valence-corrected chi connectivity index (χ3v) is 5.64. The number of halogens is 2. The Balaban J connectivity index is 1.71. The Labute approximate surface area is 176 Å². The first-order valence-corrected chi connectivity index (χ1v) is 10.0. The molecule has 1 atom stereocenters. The van der Waals surface area contributed by atoms with Gasteiger partial charge >= 0.3 is 0 Å². The highest BCUT2D eigenvalue weighted by atomic mass is 79.9. The van der Waals surface area contributed by atoms with Crippen LogP contribution in [0.15, 0.2) is 53.0 Å². The van der Waals surface area contributed by atoms with Crippen LogP contribution in [0.5, 0.6) is 0 Å². The number of amides is 3. The topological polar surface area (TPSA) is 75.3 Å². The summed E-state index contributed by atoms with van der Waals surface area (Å²) in [6.45, 7) is 1.91. The number of piperidine rings is 1. The highest BCUT2D eigenvalue weighted by Gasteiger charge is 2.42. The van der Waals surface area contributed by atoms with Crippen molar-refractivity contribution in [2.45, 2.75) is 31.6 Å². The minimum atomic E-state index is -0.741. The van der Waals surface area contributed by atoms with Gasteiger partial charge in [-0.25, -0.2) is 4.39 Å². The fraction of sp³-hybridized carbons (Fsp3) is 0.227. The predicted octanol–water partition coefficient (Wildman–Crippen LogP) is 4.32. The molecule has 1 unspecified atom stereocenters. The first-order valence-electron chi connectivity index (χ1n) is 9.23. The van der Waals surface area contributed by atoms with Crippen molar-refractivity contribution in [2.24, 2.45) is 0 Å². The molecule has 2 aromatic carbocycles. The lowest BCUT2D eigenvalue weighted by Gasteiger charge is -2.35. The zero-order valence-corrected chi connectivity index (χ0v) is 17.4.